The first kappa shape index (κ1) is 21.9. The average molecular weight is 426 g/mol. The van der Waals surface area contributed by atoms with Crippen LogP contribution in [0.5, 0.6) is 0 Å². The second-order valence-corrected chi connectivity index (χ2v) is 7.20. The fourth-order valence-electron chi connectivity index (χ4n) is 3.50. The van der Waals surface area contributed by atoms with Crippen molar-refractivity contribution in [1.29, 1.82) is 0 Å². The summed E-state index contributed by atoms with van der Waals surface area (Å²) in [6.45, 7) is 4.69. The van der Waals surface area contributed by atoms with E-state index in [0.717, 1.165) is 4.90 Å². The van der Waals surface area contributed by atoms with Crippen LogP contribution in [0.25, 0.3) is 0 Å². The molecule has 2 aromatic rings. The first-order chi connectivity index (χ1) is 14.6. The van der Waals surface area contributed by atoms with E-state index in [9.17, 15) is 24.0 Å². The maximum atomic E-state index is 12.8. The van der Waals surface area contributed by atoms with E-state index in [0.29, 0.717) is 16.9 Å². The number of esters is 2. The first-order valence-electron chi connectivity index (χ1n) is 9.64. The maximum Gasteiger partial charge on any atom is 0.339 e. The molecule has 1 aliphatic rings. The highest BCUT2D eigenvalue weighted by atomic mass is 16.5. The molecule has 162 valence electrons. The quantitative estimate of drug-likeness (QED) is 0.428. The van der Waals surface area contributed by atoms with E-state index >= 15 is 0 Å². The monoisotopic (exact) mass is 426 g/mol. The third-order valence-corrected chi connectivity index (χ3v) is 5.14. The zero-order valence-corrected chi connectivity index (χ0v) is 17.6. The van der Waals surface area contributed by atoms with Crippen molar-refractivity contribution in [2.45, 2.75) is 39.7 Å². The number of carbonyl (C=O) groups is 5. The van der Waals surface area contributed by atoms with Crippen LogP contribution in [-0.4, -0.2) is 47.7 Å². The minimum atomic E-state index is -1.11. The lowest BCUT2D eigenvalue weighted by Gasteiger charge is -2.15. The van der Waals surface area contributed by atoms with Gasteiger partial charge in [-0.2, -0.15) is 0 Å². The van der Waals surface area contributed by atoms with Crippen molar-refractivity contribution >= 4 is 35.2 Å². The van der Waals surface area contributed by atoms with Gasteiger partial charge in [-0.05, 0) is 50.6 Å². The zero-order valence-electron chi connectivity index (χ0n) is 17.6. The minimum Gasteiger partial charge on any atom is -0.465 e. The van der Waals surface area contributed by atoms with Crippen molar-refractivity contribution in [1.82, 2.24) is 4.98 Å². The number of imide groups is 1. The predicted octanol–water partition coefficient (Wildman–Crippen LogP) is 2.50. The molecule has 3 rings (SSSR count). The number of Topliss-reactive ketones (excluding diaryl/α,β-unsaturated/α-hetero) is 1. The van der Waals surface area contributed by atoms with Crippen LogP contribution in [-0.2, 0) is 19.1 Å². The molecule has 1 aliphatic heterocycles. The number of carbonyl (C=O) groups excluding carboxylic acids is 5. The van der Waals surface area contributed by atoms with Crippen LogP contribution < -0.4 is 4.90 Å². The highest BCUT2D eigenvalue weighted by Crippen LogP contribution is 2.24. The van der Waals surface area contributed by atoms with Crippen molar-refractivity contribution < 1.29 is 33.4 Å². The third kappa shape index (κ3) is 4.11. The van der Waals surface area contributed by atoms with Gasteiger partial charge in [-0.25, -0.2) is 9.59 Å². The van der Waals surface area contributed by atoms with E-state index in [4.69, 9.17) is 9.47 Å². The predicted molar refractivity (Wildman–Crippen MR) is 109 cm³/mol. The number of aromatic amines is 1. The Balaban J connectivity index is 1.72. The summed E-state index contributed by atoms with van der Waals surface area (Å²) in [6.07, 6.45) is -0.786. The SMILES string of the molecule is COC(=O)c1c(C)[nH]c(C(=O)C(C)OC(=O)c2ccc(N3C(=O)CCC3=O)cc2)c1C. The molecule has 1 aromatic carbocycles. The number of nitrogens with zero attached hydrogens (tertiary/aromatic N) is 1. The molecule has 31 heavy (non-hydrogen) atoms. The van der Waals surface area contributed by atoms with Crippen molar-refractivity contribution in [2.75, 3.05) is 12.0 Å². The van der Waals surface area contributed by atoms with Crippen LogP contribution in [0.1, 0.15) is 62.2 Å². The summed E-state index contributed by atoms with van der Waals surface area (Å²) in [5.74, 6) is -2.37. The number of nitrogens with one attached hydrogen (secondary N) is 1. The van der Waals surface area contributed by atoms with E-state index in [1.54, 1.807) is 13.8 Å². The molecule has 1 aromatic heterocycles. The van der Waals surface area contributed by atoms with E-state index in [1.165, 1.54) is 38.3 Å². The number of aryl methyl sites for hydroxylation is 1. The highest BCUT2D eigenvalue weighted by molar-refractivity contribution is 6.19. The Morgan fingerprint density at radius 1 is 1.00 bits per heavy atom. The molecule has 0 aliphatic carbocycles. The molecule has 0 bridgehead atoms. The summed E-state index contributed by atoms with van der Waals surface area (Å²) in [6, 6.07) is 5.80. The van der Waals surface area contributed by atoms with Gasteiger partial charge in [-0.15, -0.1) is 0 Å². The molecule has 1 atom stereocenters. The first-order valence-corrected chi connectivity index (χ1v) is 9.64. The second-order valence-electron chi connectivity index (χ2n) is 7.20. The Bertz CT molecular complexity index is 1070. The van der Waals surface area contributed by atoms with Gasteiger partial charge in [0.25, 0.3) is 0 Å². The number of methoxy groups -OCH3 is 1. The molecule has 9 nitrogen and oxygen atoms in total. The fourth-order valence-corrected chi connectivity index (χ4v) is 3.50. The lowest BCUT2D eigenvalue weighted by Crippen LogP contribution is -2.28. The minimum absolute atomic E-state index is 0.164. The largest absolute Gasteiger partial charge is 0.465 e. The van der Waals surface area contributed by atoms with Crippen LogP contribution in [0, 0.1) is 13.8 Å². The summed E-state index contributed by atoms with van der Waals surface area (Å²) < 4.78 is 10.0. The van der Waals surface area contributed by atoms with Gasteiger partial charge in [0, 0.05) is 18.5 Å². The molecule has 2 amide bonds. The number of amides is 2. The number of hydrogen-bond donors (Lipinski definition) is 1. The number of ketones is 1. The average Bonchev–Trinajstić information content (AvgIpc) is 3.24. The van der Waals surface area contributed by atoms with Crippen LogP contribution in [0.2, 0.25) is 0 Å². The Kier molecular flexibility index (Phi) is 6.05. The standard InChI is InChI=1S/C22H22N2O7/c1-11-18(22(29)30-4)12(2)23-19(11)20(27)13(3)31-21(28)14-5-7-15(8-6-14)24-16(25)9-10-17(24)26/h5-8,13,23H,9-10H2,1-4H3. The van der Waals surface area contributed by atoms with E-state index < -0.39 is 23.8 Å². The van der Waals surface area contributed by atoms with Gasteiger partial charge in [0.05, 0.1) is 29.6 Å². The van der Waals surface area contributed by atoms with Gasteiger partial charge in [-0.3, -0.25) is 19.3 Å². The van der Waals surface area contributed by atoms with Crippen LogP contribution >= 0.6 is 0 Å². The summed E-state index contributed by atoms with van der Waals surface area (Å²) >= 11 is 0. The zero-order chi connectivity index (χ0) is 22.9. The molecule has 9 heteroatoms. The molecule has 0 radical (unpaired) electrons. The molecule has 1 saturated heterocycles. The summed E-state index contributed by atoms with van der Waals surface area (Å²) in [7, 11) is 1.25. The van der Waals surface area contributed by atoms with Crippen molar-refractivity contribution in [3.8, 4) is 0 Å². The van der Waals surface area contributed by atoms with Gasteiger partial charge in [-0.1, -0.05) is 0 Å². The molecular formula is C22H22N2O7. The smallest absolute Gasteiger partial charge is 0.339 e. The van der Waals surface area contributed by atoms with Crippen LogP contribution in [0.3, 0.4) is 0 Å². The number of rotatable bonds is 6. The van der Waals surface area contributed by atoms with Gasteiger partial charge < -0.3 is 14.5 Å². The molecular weight excluding hydrogens is 404 g/mol. The van der Waals surface area contributed by atoms with Gasteiger partial charge in [0.1, 0.15) is 0 Å². The highest BCUT2D eigenvalue weighted by Gasteiger charge is 2.31. The van der Waals surface area contributed by atoms with Crippen molar-refractivity contribution in [3.05, 3.63) is 52.3 Å². The van der Waals surface area contributed by atoms with Gasteiger partial charge >= 0.3 is 11.9 Å². The molecule has 1 N–H and O–H groups in total. The van der Waals surface area contributed by atoms with Gasteiger partial charge in [0.15, 0.2) is 6.10 Å². The number of hydrogen-bond acceptors (Lipinski definition) is 7. The lowest BCUT2D eigenvalue weighted by molar-refractivity contribution is -0.121. The van der Waals surface area contributed by atoms with Crippen LogP contribution in [0.4, 0.5) is 5.69 Å². The number of ether oxygens (including phenoxy) is 2. The fraction of sp³-hybridized carbons (Fsp3) is 0.318. The molecule has 1 fully saturated rings. The molecule has 0 saturated carbocycles. The normalized spacial score (nSPS) is 14.5. The van der Waals surface area contributed by atoms with Crippen LogP contribution in [0.15, 0.2) is 24.3 Å². The van der Waals surface area contributed by atoms with E-state index in [-0.39, 0.29) is 41.5 Å². The molecule has 2 heterocycles. The Labute approximate surface area is 178 Å². The van der Waals surface area contributed by atoms with Crippen molar-refractivity contribution in [2.24, 2.45) is 0 Å². The van der Waals surface area contributed by atoms with Crippen molar-refractivity contribution in [3.63, 3.8) is 0 Å². The number of benzene rings is 1. The summed E-state index contributed by atoms with van der Waals surface area (Å²) in [4.78, 5) is 64.7. The lowest BCUT2D eigenvalue weighted by atomic mass is 10.1. The topological polar surface area (TPSA) is 123 Å². The number of anilines is 1. The maximum absolute atomic E-state index is 12.8. The number of aromatic nitrogens is 1. The third-order valence-electron chi connectivity index (χ3n) is 5.14. The second kappa shape index (κ2) is 8.55. The molecule has 1 unspecified atom stereocenters. The summed E-state index contributed by atoms with van der Waals surface area (Å²) in [5, 5.41) is 0. The van der Waals surface area contributed by atoms with E-state index in [2.05, 4.69) is 4.98 Å². The number of H-pyrrole nitrogens is 1. The molecule has 0 spiro atoms. The van der Waals surface area contributed by atoms with Gasteiger partial charge in [0.2, 0.25) is 17.6 Å². The summed E-state index contributed by atoms with van der Waals surface area (Å²) in [5.41, 5.74) is 1.87. The Morgan fingerprint density at radius 2 is 1.58 bits per heavy atom. The van der Waals surface area contributed by atoms with E-state index in [1.807, 2.05) is 0 Å². The Morgan fingerprint density at radius 3 is 2.13 bits per heavy atom. The Hall–Kier alpha value is -3.75.